The maximum atomic E-state index is 6.15. The Labute approximate surface area is 88.1 Å². The van der Waals surface area contributed by atoms with Gasteiger partial charge in [-0.05, 0) is 17.9 Å². The number of nitrogens with two attached hydrogens (primary N) is 1. The molecule has 1 aliphatic rings. The summed E-state index contributed by atoms with van der Waals surface area (Å²) in [6.07, 6.45) is 4.57. The zero-order chi connectivity index (χ0) is 11.1. The van der Waals surface area contributed by atoms with Crippen LogP contribution >= 0.6 is 0 Å². The molecule has 0 bridgehead atoms. The fourth-order valence-corrected chi connectivity index (χ4v) is 1.89. The monoisotopic (exact) mass is 193 g/mol. The molecule has 0 radical (unpaired) electrons. The second-order valence-corrected chi connectivity index (χ2v) is 6.04. The number of allylic oxidation sites excluding steroid dienone is 2. The smallest absolute Gasteiger partial charge is 0.0341 e. The average Bonchev–Trinajstić information content (AvgIpc) is 1.97. The van der Waals surface area contributed by atoms with Gasteiger partial charge in [0.1, 0.15) is 0 Å². The van der Waals surface area contributed by atoms with Crippen LogP contribution in [0.15, 0.2) is 23.3 Å². The van der Waals surface area contributed by atoms with Crippen molar-refractivity contribution in [3.05, 3.63) is 23.3 Å². The molecule has 80 valence electrons. The Hall–Kier alpha value is -0.560. The Balaban J connectivity index is 3.13. The summed E-state index contributed by atoms with van der Waals surface area (Å²) in [5, 5.41) is 0. The van der Waals surface area contributed by atoms with Crippen LogP contribution in [-0.2, 0) is 0 Å². The van der Waals surface area contributed by atoms with Gasteiger partial charge < -0.3 is 5.73 Å². The van der Waals surface area contributed by atoms with E-state index in [0.29, 0.717) is 0 Å². The first kappa shape index (κ1) is 11.5. The van der Waals surface area contributed by atoms with E-state index in [2.05, 4.69) is 53.7 Å². The van der Waals surface area contributed by atoms with Crippen molar-refractivity contribution in [3.63, 3.8) is 0 Å². The summed E-state index contributed by atoms with van der Waals surface area (Å²) in [6, 6.07) is 0.161. The third-order valence-corrected chi connectivity index (χ3v) is 3.07. The van der Waals surface area contributed by atoms with Gasteiger partial charge in [0.2, 0.25) is 0 Å². The molecule has 0 aromatic heterocycles. The summed E-state index contributed by atoms with van der Waals surface area (Å²) in [6.45, 7) is 13.3. The second kappa shape index (κ2) is 3.23. The predicted octanol–water partition coefficient (Wildman–Crippen LogP) is 3.27. The predicted molar refractivity (Wildman–Crippen MR) is 63.1 cm³/mol. The van der Waals surface area contributed by atoms with Crippen molar-refractivity contribution in [3.8, 4) is 0 Å². The molecule has 1 nitrogen and oxygen atoms in total. The molecule has 1 rings (SSSR count). The molecule has 0 aromatic carbocycles. The Kier molecular flexibility index (Phi) is 2.66. The van der Waals surface area contributed by atoms with Gasteiger partial charge in [0.25, 0.3) is 0 Å². The molecule has 1 heteroatoms. The minimum absolute atomic E-state index is 0.0848. The molecule has 0 saturated carbocycles. The minimum Gasteiger partial charge on any atom is -0.324 e. The zero-order valence-corrected chi connectivity index (χ0v) is 10.3. The fraction of sp³-hybridized carbons (Fsp3) is 0.692. The lowest BCUT2D eigenvalue weighted by molar-refractivity contribution is 0.385. The van der Waals surface area contributed by atoms with Crippen molar-refractivity contribution in [2.24, 2.45) is 16.6 Å². The van der Waals surface area contributed by atoms with E-state index >= 15 is 0 Å². The summed E-state index contributed by atoms with van der Waals surface area (Å²) in [4.78, 5) is 0. The highest BCUT2D eigenvalue weighted by molar-refractivity contribution is 5.37. The Morgan fingerprint density at radius 3 is 2.14 bits per heavy atom. The third-order valence-electron chi connectivity index (χ3n) is 3.07. The van der Waals surface area contributed by atoms with E-state index in [1.807, 2.05) is 0 Å². The van der Waals surface area contributed by atoms with E-state index in [-0.39, 0.29) is 16.9 Å². The van der Waals surface area contributed by atoms with Crippen LogP contribution in [-0.4, -0.2) is 6.04 Å². The van der Waals surface area contributed by atoms with Gasteiger partial charge >= 0.3 is 0 Å². The largest absolute Gasteiger partial charge is 0.324 e. The Morgan fingerprint density at radius 1 is 1.29 bits per heavy atom. The molecule has 0 spiro atoms. The van der Waals surface area contributed by atoms with Crippen LogP contribution in [0.25, 0.3) is 0 Å². The van der Waals surface area contributed by atoms with Crippen LogP contribution in [0.2, 0.25) is 0 Å². The van der Waals surface area contributed by atoms with Gasteiger partial charge in [-0.1, -0.05) is 52.3 Å². The highest BCUT2D eigenvalue weighted by Crippen LogP contribution is 2.38. The molecule has 1 atom stereocenters. The van der Waals surface area contributed by atoms with Crippen LogP contribution in [0.4, 0.5) is 0 Å². The normalized spacial score (nSPS) is 26.9. The molecule has 0 amide bonds. The number of hydrogen-bond donors (Lipinski definition) is 1. The molecule has 0 aliphatic heterocycles. The van der Waals surface area contributed by atoms with E-state index < -0.39 is 0 Å². The van der Waals surface area contributed by atoms with Crippen molar-refractivity contribution in [1.82, 2.24) is 0 Å². The lowest BCUT2D eigenvalue weighted by Crippen LogP contribution is -2.39. The van der Waals surface area contributed by atoms with Crippen LogP contribution in [0.3, 0.4) is 0 Å². The maximum Gasteiger partial charge on any atom is 0.0341 e. The Bertz CT molecular complexity index is 287. The highest BCUT2D eigenvalue weighted by Gasteiger charge is 2.31. The van der Waals surface area contributed by atoms with Crippen molar-refractivity contribution < 1.29 is 0 Å². The van der Waals surface area contributed by atoms with Gasteiger partial charge in [-0.25, -0.2) is 0 Å². The summed E-state index contributed by atoms with van der Waals surface area (Å²) in [7, 11) is 0. The first-order chi connectivity index (χ1) is 6.14. The second-order valence-electron chi connectivity index (χ2n) is 6.04. The molecule has 0 saturated heterocycles. The van der Waals surface area contributed by atoms with E-state index in [9.17, 15) is 0 Å². The van der Waals surface area contributed by atoms with Gasteiger partial charge in [0.05, 0.1) is 0 Å². The SMILES string of the molecule is CC1=CC(C(C)(C)C)=CC(C)(C)[C@H]1N. The summed E-state index contributed by atoms with van der Waals surface area (Å²) >= 11 is 0. The van der Waals surface area contributed by atoms with Crippen molar-refractivity contribution >= 4 is 0 Å². The lowest BCUT2D eigenvalue weighted by Gasteiger charge is -2.37. The molecule has 2 N–H and O–H groups in total. The number of hydrogen-bond acceptors (Lipinski definition) is 1. The van der Waals surface area contributed by atoms with Gasteiger partial charge in [0, 0.05) is 11.5 Å². The highest BCUT2D eigenvalue weighted by atomic mass is 14.7. The standard InChI is InChI=1S/C13H23N/c1-9-7-10(12(2,3)4)8-13(5,6)11(9)14/h7-8,11H,14H2,1-6H3/t11-/m0/s1. The van der Waals surface area contributed by atoms with Crippen LogP contribution in [0.5, 0.6) is 0 Å². The third kappa shape index (κ3) is 2.09. The van der Waals surface area contributed by atoms with E-state index in [4.69, 9.17) is 5.73 Å². The van der Waals surface area contributed by atoms with Gasteiger partial charge in [0.15, 0.2) is 0 Å². The van der Waals surface area contributed by atoms with Crippen LogP contribution in [0.1, 0.15) is 41.5 Å². The molecular weight excluding hydrogens is 170 g/mol. The molecule has 0 unspecified atom stereocenters. The molecule has 14 heavy (non-hydrogen) atoms. The van der Waals surface area contributed by atoms with E-state index in [0.717, 1.165) is 0 Å². The molecule has 0 aromatic rings. The summed E-state index contributed by atoms with van der Waals surface area (Å²) < 4.78 is 0. The van der Waals surface area contributed by atoms with Crippen LogP contribution in [0, 0.1) is 10.8 Å². The van der Waals surface area contributed by atoms with Gasteiger partial charge in [-0.2, -0.15) is 0 Å². The van der Waals surface area contributed by atoms with E-state index in [1.165, 1.54) is 11.1 Å². The topological polar surface area (TPSA) is 26.0 Å². The maximum absolute atomic E-state index is 6.15. The average molecular weight is 193 g/mol. The van der Waals surface area contributed by atoms with Crippen LogP contribution < -0.4 is 5.73 Å². The molecular formula is C13H23N. The van der Waals surface area contributed by atoms with E-state index in [1.54, 1.807) is 0 Å². The fourth-order valence-electron chi connectivity index (χ4n) is 1.89. The molecule has 0 fully saturated rings. The summed E-state index contributed by atoms with van der Waals surface area (Å²) in [5.41, 5.74) is 9.15. The zero-order valence-electron chi connectivity index (χ0n) is 10.3. The first-order valence-corrected chi connectivity index (χ1v) is 5.32. The van der Waals surface area contributed by atoms with Crippen molar-refractivity contribution in [1.29, 1.82) is 0 Å². The molecule has 1 aliphatic carbocycles. The summed E-state index contributed by atoms with van der Waals surface area (Å²) in [5.74, 6) is 0. The van der Waals surface area contributed by atoms with Gasteiger partial charge in [-0.15, -0.1) is 0 Å². The lowest BCUT2D eigenvalue weighted by atomic mass is 9.71. The van der Waals surface area contributed by atoms with Crippen molar-refractivity contribution in [2.75, 3.05) is 0 Å². The number of rotatable bonds is 0. The quantitative estimate of drug-likeness (QED) is 0.628. The minimum atomic E-state index is 0.0848. The Morgan fingerprint density at radius 2 is 1.79 bits per heavy atom. The van der Waals surface area contributed by atoms with Gasteiger partial charge in [-0.3, -0.25) is 0 Å². The molecule has 0 heterocycles. The van der Waals surface area contributed by atoms with Crippen molar-refractivity contribution in [2.45, 2.75) is 47.6 Å². The first-order valence-electron chi connectivity index (χ1n) is 5.32.